The standard InChI is InChI=1S/C7H15NOS/c1-8-4-7(9)6-2-3-10-5-6/h6-9H,2-5H2,1H3. The van der Waals surface area contributed by atoms with Crippen LogP contribution in [0.4, 0.5) is 0 Å². The van der Waals surface area contributed by atoms with Gasteiger partial charge in [-0.1, -0.05) is 0 Å². The number of rotatable bonds is 3. The highest BCUT2D eigenvalue weighted by Gasteiger charge is 2.22. The van der Waals surface area contributed by atoms with E-state index in [0.717, 1.165) is 12.3 Å². The summed E-state index contributed by atoms with van der Waals surface area (Å²) in [4.78, 5) is 0. The third-order valence-corrected chi connectivity index (χ3v) is 3.11. The molecule has 10 heavy (non-hydrogen) atoms. The van der Waals surface area contributed by atoms with Gasteiger partial charge in [-0.3, -0.25) is 0 Å². The van der Waals surface area contributed by atoms with Crippen LogP contribution in [-0.4, -0.2) is 36.3 Å². The molecule has 2 N–H and O–H groups in total. The molecule has 0 bridgehead atoms. The molecule has 0 spiro atoms. The van der Waals surface area contributed by atoms with Crippen LogP contribution in [0.3, 0.4) is 0 Å². The fourth-order valence-electron chi connectivity index (χ4n) is 1.23. The lowest BCUT2D eigenvalue weighted by atomic mass is 10.0. The molecule has 0 aromatic rings. The van der Waals surface area contributed by atoms with Gasteiger partial charge in [-0.2, -0.15) is 11.8 Å². The van der Waals surface area contributed by atoms with Crippen molar-refractivity contribution < 1.29 is 5.11 Å². The summed E-state index contributed by atoms with van der Waals surface area (Å²) in [5.74, 6) is 2.91. The molecule has 0 aliphatic carbocycles. The average Bonchev–Trinajstić information content (AvgIpc) is 2.38. The van der Waals surface area contributed by atoms with Crippen molar-refractivity contribution in [1.29, 1.82) is 0 Å². The fraction of sp³-hybridized carbons (Fsp3) is 1.00. The molecular weight excluding hydrogens is 146 g/mol. The minimum absolute atomic E-state index is 0.125. The van der Waals surface area contributed by atoms with Crippen molar-refractivity contribution in [2.24, 2.45) is 5.92 Å². The van der Waals surface area contributed by atoms with Gasteiger partial charge in [-0.15, -0.1) is 0 Å². The summed E-state index contributed by atoms with van der Waals surface area (Å²) in [6.07, 6.45) is 1.06. The monoisotopic (exact) mass is 161 g/mol. The second-order valence-corrected chi connectivity index (χ2v) is 3.90. The molecule has 1 aliphatic heterocycles. The molecule has 0 amide bonds. The van der Waals surface area contributed by atoms with Gasteiger partial charge in [-0.25, -0.2) is 0 Å². The zero-order valence-electron chi connectivity index (χ0n) is 6.34. The first-order valence-corrected chi connectivity index (χ1v) is 4.90. The van der Waals surface area contributed by atoms with E-state index >= 15 is 0 Å². The Morgan fingerprint density at radius 2 is 2.60 bits per heavy atom. The molecule has 60 valence electrons. The van der Waals surface area contributed by atoms with E-state index in [0.29, 0.717) is 5.92 Å². The van der Waals surface area contributed by atoms with E-state index in [1.165, 1.54) is 12.2 Å². The van der Waals surface area contributed by atoms with Crippen LogP contribution in [0.15, 0.2) is 0 Å². The van der Waals surface area contributed by atoms with E-state index < -0.39 is 0 Å². The maximum atomic E-state index is 9.47. The molecule has 0 aromatic heterocycles. The van der Waals surface area contributed by atoms with Gasteiger partial charge >= 0.3 is 0 Å². The highest BCUT2D eigenvalue weighted by atomic mass is 32.2. The second kappa shape index (κ2) is 4.21. The third-order valence-electron chi connectivity index (χ3n) is 1.92. The molecule has 2 atom stereocenters. The van der Waals surface area contributed by atoms with E-state index in [2.05, 4.69) is 5.32 Å². The number of aliphatic hydroxyl groups is 1. The number of thioether (sulfide) groups is 1. The second-order valence-electron chi connectivity index (χ2n) is 2.75. The molecule has 1 rings (SSSR count). The average molecular weight is 161 g/mol. The molecule has 2 unspecified atom stereocenters. The zero-order valence-corrected chi connectivity index (χ0v) is 7.16. The van der Waals surface area contributed by atoms with Crippen molar-refractivity contribution in [2.75, 3.05) is 25.1 Å². The first-order valence-electron chi connectivity index (χ1n) is 3.75. The summed E-state index contributed by atoms with van der Waals surface area (Å²) in [5, 5.41) is 12.5. The van der Waals surface area contributed by atoms with Crippen molar-refractivity contribution in [3.63, 3.8) is 0 Å². The number of likely N-dealkylation sites (N-methyl/N-ethyl adjacent to an activating group) is 1. The lowest BCUT2D eigenvalue weighted by Crippen LogP contribution is -2.30. The van der Waals surface area contributed by atoms with Crippen molar-refractivity contribution in [1.82, 2.24) is 5.32 Å². The quantitative estimate of drug-likeness (QED) is 0.625. The van der Waals surface area contributed by atoms with E-state index in [1.807, 2.05) is 18.8 Å². The van der Waals surface area contributed by atoms with Crippen LogP contribution >= 0.6 is 11.8 Å². The summed E-state index contributed by atoms with van der Waals surface area (Å²) < 4.78 is 0. The predicted molar refractivity (Wildman–Crippen MR) is 45.4 cm³/mol. The van der Waals surface area contributed by atoms with Crippen molar-refractivity contribution in [3.8, 4) is 0 Å². The predicted octanol–water partition coefficient (Wildman–Crippen LogP) is 0.320. The Morgan fingerprint density at radius 1 is 1.80 bits per heavy atom. The minimum atomic E-state index is -0.125. The van der Waals surface area contributed by atoms with Crippen LogP contribution in [-0.2, 0) is 0 Å². The van der Waals surface area contributed by atoms with Gasteiger partial charge < -0.3 is 10.4 Å². The van der Waals surface area contributed by atoms with Crippen LogP contribution in [0, 0.1) is 5.92 Å². The number of hydrogen-bond donors (Lipinski definition) is 2. The lowest BCUT2D eigenvalue weighted by Gasteiger charge is -2.15. The summed E-state index contributed by atoms with van der Waals surface area (Å²) >= 11 is 1.95. The Bertz CT molecular complexity index is 93.6. The van der Waals surface area contributed by atoms with Crippen LogP contribution < -0.4 is 5.32 Å². The molecule has 0 saturated carbocycles. The Kier molecular flexibility index (Phi) is 3.52. The van der Waals surface area contributed by atoms with Crippen LogP contribution in [0.2, 0.25) is 0 Å². The lowest BCUT2D eigenvalue weighted by molar-refractivity contribution is 0.121. The Morgan fingerprint density at radius 3 is 3.10 bits per heavy atom. The molecule has 1 saturated heterocycles. The number of nitrogens with one attached hydrogen (secondary N) is 1. The first-order chi connectivity index (χ1) is 4.84. The summed E-state index contributed by atoms with van der Waals surface area (Å²) in [5.41, 5.74) is 0. The van der Waals surface area contributed by atoms with Crippen molar-refractivity contribution >= 4 is 11.8 Å². The van der Waals surface area contributed by atoms with E-state index in [4.69, 9.17) is 0 Å². The zero-order chi connectivity index (χ0) is 7.40. The molecule has 1 heterocycles. The van der Waals surface area contributed by atoms with Crippen molar-refractivity contribution in [2.45, 2.75) is 12.5 Å². The summed E-state index contributed by atoms with van der Waals surface area (Å²) in [6, 6.07) is 0. The van der Waals surface area contributed by atoms with Crippen LogP contribution in [0.25, 0.3) is 0 Å². The highest BCUT2D eigenvalue weighted by molar-refractivity contribution is 7.99. The Labute approximate surface area is 66.4 Å². The first kappa shape index (κ1) is 8.37. The summed E-state index contributed by atoms with van der Waals surface area (Å²) in [6.45, 7) is 0.741. The van der Waals surface area contributed by atoms with Gasteiger partial charge in [0.1, 0.15) is 0 Å². The molecule has 0 aromatic carbocycles. The van der Waals surface area contributed by atoms with E-state index in [1.54, 1.807) is 0 Å². The van der Waals surface area contributed by atoms with Gasteiger partial charge in [0.2, 0.25) is 0 Å². The van der Waals surface area contributed by atoms with Gasteiger partial charge in [0.05, 0.1) is 6.10 Å². The Balaban J connectivity index is 2.18. The third kappa shape index (κ3) is 2.15. The fourth-order valence-corrected chi connectivity index (χ4v) is 2.56. The number of aliphatic hydroxyl groups excluding tert-OH is 1. The minimum Gasteiger partial charge on any atom is -0.391 e. The normalized spacial score (nSPS) is 28.8. The largest absolute Gasteiger partial charge is 0.391 e. The molecule has 2 nitrogen and oxygen atoms in total. The van der Waals surface area contributed by atoms with Gasteiger partial charge in [0.15, 0.2) is 0 Å². The molecule has 1 fully saturated rings. The van der Waals surface area contributed by atoms with Gasteiger partial charge in [-0.05, 0) is 30.9 Å². The molecule has 1 aliphatic rings. The van der Waals surface area contributed by atoms with Crippen molar-refractivity contribution in [3.05, 3.63) is 0 Å². The van der Waals surface area contributed by atoms with Crippen LogP contribution in [0.1, 0.15) is 6.42 Å². The molecule has 3 heteroatoms. The SMILES string of the molecule is CNCC(O)C1CCSC1. The van der Waals surface area contributed by atoms with Crippen LogP contribution in [0.5, 0.6) is 0 Å². The highest BCUT2D eigenvalue weighted by Crippen LogP contribution is 2.25. The maximum absolute atomic E-state index is 9.47. The maximum Gasteiger partial charge on any atom is 0.0700 e. The van der Waals surface area contributed by atoms with E-state index in [-0.39, 0.29) is 6.10 Å². The smallest absolute Gasteiger partial charge is 0.0700 e. The van der Waals surface area contributed by atoms with Gasteiger partial charge in [0.25, 0.3) is 0 Å². The summed E-state index contributed by atoms with van der Waals surface area (Å²) in [7, 11) is 1.88. The molecular formula is C7H15NOS. The molecule has 0 radical (unpaired) electrons. The Hall–Kier alpha value is 0.270. The van der Waals surface area contributed by atoms with Gasteiger partial charge in [0, 0.05) is 6.54 Å². The van der Waals surface area contributed by atoms with E-state index in [9.17, 15) is 5.11 Å². The topological polar surface area (TPSA) is 32.3 Å². The number of hydrogen-bond acceptors (Lipinski definition) is 3.